The number of piperidine rings is 1. The van der Waals surface area contributed by atoms with Crippen LogP contribution in [0.25, 0.3) is 0 Å². The number of ether oxygens (including phenoxy) is 1. The highest BCUT2D eigenvalue weighted by atomic mass is 19.3. The molecule has 4 nitrogen and oxygen atoms in total. The fourth-order valence-electron chi connectivity index (χ4n) is 2.49. The van der Waals surface area contributed by atoms with E-state index in [9.17, 15) is 13.6 Å². The van der Waals surface area contributed by atoms with E-state index in [-0.39, 0.29) is 11.8 Å². The van der Waals surface area contributed by atoms with Crippen LogP contribution in [0.1, 0.15) is 25.3 Å². The monoisotopic (exact) mass is 298 g/mol. The molecule has 1 unspecified atom stereocenters. The van der Waals surface area contributed by atoms with Crippen LogP contribution in [0.3, 0.4) is 0 Å². The number of likely N-dealkylation sites (tertiary alicyclic amines) is 1. The summed E-state index contributed by atoms with van der Waals surface area (Å²) < 4.78 is 28.6. The molecule has 1 N–H and O–H groups in total. The minimum absolute atomic E-state index is 0.100. The van der Waals surface area contributed by atoms with Crippen LogP contribution in [0.2, 0.25) is 0 Å². The van der Waals surface area contributed by atoms with Crippen LogP contribution in [0, 0.1) is 5.92 Å². The summed E-state index contributed by atoms with van der Waals surface area (Å²) in [4.78, 5) is 13.8. The van der Waals surface area contributed by atoms with Crippen molar-refractivity contribution in [2.24, 2.45) is 5.92 Å². The predicted octanol–water partition coefficient (Wildman–Crippen LogP) is 3.23. The van der Waals surface area contributed by atoms with Gasteiger partial charge in [0.15, 0.2) is 0 Å². The van der Waals surface area contributed by atoms with Gasteiger partial charge in [-0.3, -0.25) is 0 Å². The molecule has 2 amide bonds. The second kappa shape index (κ2) is 7.24. The Hall–Kier alpha value is -1.85. The molecule has 1 aliphatic rings. The maximum Gasteiger partial charge on any atom is 0.387 e. The third-order valence-electron chi connectivity index (χ3n) is 3.51. The Balaban J connectivity index is 1.86. The number of nitrogens with zero attached hydrogens (tertiary/aromatic N) is 1. The van der Waals surface area contributed by atoms with Gasteiger partial charge in [-0.1, -0.05) is 19.1 Å². The summed E-state index contributed by atoms with van der Waals surface area (Å²) in [6.07, 6.45) is 2.17. The number of hydrogen-bond donors (Lipinski definition) is 1. The van der Waals surface area contributed by atoms with Crippen LogP contribution in [-0.4, -0.2) is 30.6 Å². The van der Waals surface area contributed by atoms with Gasteiger partial charge in [0.2, 0.25) is 0 Å². The van der Waals surface area contributed by atoms with Crippen molar-refractivity contribution in [2.75, 3.05) is 13.1 Å². The van der Waals surface area contributed by atoms with E-state index >= 15 is 0 Å². The number of amides is 2. The molecule has 2 rings (SSSR count). The van der Waals surface area contributed by atoms with Gasteiger partial charge in [-0.15, -0.1) is 0 Å². The standard InChI is InChI=1S/C15H20F2N2O2/c1-11-4-3-7-19(10-11)15(20)18-9-12-5-2-6-13(8-12)21-14(16)17/h2,5-6,8,11,14H,3-4,7,9-10H2,1H3,(H,18,20). The molecule has 1 aliphatic heterocycles. The summed E-state index contributed by atoms with van der Waals surface area (Å²) in [5.41, 5.74) is 0.728. The van der Waals surface area contributed by atoms with Crippen LogP contribution >= 0.6 is 0 Å². The Morgan fingerprint density at radius 1 is 1.52 bits per heavy atom. The minimum atomic E-state index is -2.84. The fourth-order valence-corrected chi connectivity index (χ4v) is 2.49. The first-order valence-corrected chi connectivity index (χ1v) is 7.11. The second-order valence-electron chi connectivity index (χ2n) is 5.38. The largest absolute Gasteiger partial charge is 0.435 e. The smallest absolute Gasteiger partial charge is 0.387 e. The number of carbonyl (C=O) groups excluding carboxylic acids is 1. The zero-order valence-corrected chi connectivity index (χ0v) is 12.0. The van der Waals surface area contributed by atoms with Crippen molar-refractivity contribution in [1.29, 1.82) is 0 Å². The lowest BCUT2D eigenvalue weighted by Crippen LogP contribution is -2.44. The minimum Gasteiger partial charge on any atom is -0.435 e. The zero-order chi connectivity index (χ0) is 15.2. The summed E-state index contributed by atoms with van der Waals surface area (Å²) in [5.74, 6) is 0.621. The molecule has 0 saturated carbocycles. The van der Waals surface area contributed by atoms with E-state index < -0.39 is 6.61 Å². The van der Waals surface area contributed by atoms with E-state index in [0.717, 1.165) is 31.5 Å². The average molecular weight is 298 g/mol. The van der Waals surface area contributed by atoms with Crippen molar-refractivity contribution in [3.8, 4) is 5.75 Å². The lowest BCUT2D eigenvalue weighted by atomic mass is 10.0. The molecule has 1 aromatic carbocycles. The molecule has 1 saturated heterocycles. The molecule has 21 heavy (non-hydrogen) atoms. The van der Waals surface area contributed by atoms with Crippen molar-refractivity contribution < 1.29 is 18.3 Å². The quantitative estimate of drug-likeness (QED) is 0.927. The summed E-state index contributed by atoms with van der Waals surface area (Å²) >= 11 is 0. The van der Waals surface area contributed by atoms with E-state index in [1.165, 1.54) is 12.1 Å². The number of urea groups is 1. The third kappa shape index (κ3) is 4.88. The van der Waals surface area contributed by atoms with E-state index in [2.05, 4.69) is 17.0 Å². The van der Waals surface area contributed by atoms with Gasteiger partial charge in [0, 0.05) is 19.6 Å². The first-order chi connectivity index (χ1) is 10.0. The highest BCUT2D eigenvalue weighted by molar-refractivity contribution is 5.74. The average Bonchev–Trinajstić information content (AvgIpc) is 2.44. The van der Waals surface area contributed by atoms with Crippen molar-refractivity contribution in [1.82, 2.24) is 10.2 Å². The molecule has 0 bridgehead atoms. The van der Waals surface area contributed by atoms with Crippen LogP contribution in [-0.2, 0) is 6.54 Å². The van der Waals surface area contributed by atoms with Crippen molar-refractivity contribution in [3.63, 3.8) is 0 Å². The Kier molecular flexibility index (Phi) is 5.36. The Morgan fingerprint density at radius 3 is 3.05 bits per heavy atom. The van der Waals surface area contributed by atoms with Gasteiger partial charge < -0.3 is 15.0 Å². The lowest BCUT2D eigenvalue weighted by Gasteiger charge is -2.30. The van der Waals surface area contributed by atoms with Crippen LogP contribution in [0.5, 0.6) is 5.75 Å². The highest BCUT2D eigenvalue weighted by Gasteiger charge is 2.20. The first kappa shape index (κ1) is 15.5. The molecule has 1 atom stereocenters. The molecule has 116 valence electrons. The Labute approximate surface area is 123 Å². The number of hydrogen-bond acceptors (Lipinski definition) is 2. The molecule has 6 heteroatoms. The van der Waals surface area contributed by atoms with Crippen LogP contribution in [0.4, 0.5) is 13.6 Å². The summed E-state index contributed by atoms with van der Waals surface area (Å²) in [6, 6.07) is 6.25. The Morgan fingerprint density at radius 2 is 2.33 bits per heavy atom. The number of alkyl halides is 2. The number of rotatable bonds is 4. The summed E-state index contributed by atoms with van der Waals surface area (Å²) in [6.45, 7) is 1.12. The molecule has 1 heterocycles. The molecule has 0 radical (unpaired) electrons. The maximum absolute atomic E-state index is 12.1. The molecular weight excluding hydrogens is 278 g/mol. The normalized spacial score (nSPS) is 18.7. The second-order valence-corrected chi connectivity index (χ2v) is 5.38. The number of halogens is 2. The molecule has 0 aromatic heterocycles. The topological polar surface area (TPSA) is 41.6 Å². The van der Waals surface area contributed by atoms with Crippen molar-refractivity contribution >= 4 is 6.03 Å². The summed E-state index contributed by atoms with van der Waals surface area (Å²) in [5, 5.41) is 2.81. The van der Waals surface area contributed by atoms with Crippen LogP contribution < -0.4 is 10.1 Å². The van der Waals surface area contributed by atoms with Gasteiger partial charge in [0.1, 0.15) is 5.75 Å². The highest BCUT2D eigenvalue weighted by Crippen LogP contribution is 2.17. The van der Waals surface area contributed by atoms with E-state index in [1.807, 2.05) is 0 Å². The zero-order valence-electron chi connectivity index (χ0n) is 12.0. The van der Waals surface area contributed by atoms with Crippen LogP contribution in [0.15, 0.2) is 24.3 Å². The lowest BCUT2D eigenvalue weighted by molar-refractivity contribution is -0.0498. The van der Waals surface area contributed by atoms with E-state index in [0.29, 0.717) is 12.5 Å². The SMILES string of the molecule is CC1CCCN(C(=O)NCc2cccc(OC(F)F)c2)C1. The number of carbonyl (C=O) groups is 1. The molecule has 0 spiro atoms. The van der Waals surface area contributed by atoms with Gasteiger partial charge >= 0.3 is 12.6 Å². The molecule has 1 fully saturated rings. The molecule has 0 aliphatic carbocycles. The number of benzene rings is 1. The van der Waals surface area contributed by atoms with Crippen molar-refractivity contribution in [2.45, 2.75) is 32.9 Å². The van der Waals surface area contributed by atoms with Gasteiger partial charge in [0.05, 0.1) is 0 Å². The fraction of sp³-hybridized carbons (Fsp3) is 0.533. The number of nitrogens with one attached hydrogen (secondary N) is 1. The van der Waals surface area contributed by atoms with Gasteiger partial charge in [-0.05, 0) is 36.5 Å². The first-order valence-electron chi connectivity index (χ1n) is 7.11. The van der Waals surface area contributed by atoms with Crippen molar-refractivity contribution in [3.05, 3.63) is 29.8 Å². The van der Waals surface area contributed by atoms with E-state index in [1.54, 1.807) is 17.0 Å². The van der Waals surface area contributed by atoms with Gasteiger partial charge in [-0.25, -0.2) is 4.79 Å². The van der Waals surface area contributed by atoms with Gasteiger partial charge in [0.25, 0.3) is 0 Å². The maximum atomic E-state index is 12.1. The molecule has 1 aromatic rings. The van der Waals surface area contributed by atoms with Gasteiger partial charge in [-0.2, -0.15) is 8.78 Å². The molecular formula is C15H20F2N2O2. The summed E-state index contributed by atoms with van der Waals surface area (Å²) in [7, 11) is 0. The predicted molar refractivity (Wildman–Crippen MR) is 75.3 cm³/mol. The van der Waals surface area contributed by atoms with E-state index in [4.69, 9.17) is 0 Å². The Bertz CT molecular complexity index is 482. The third-order valence-corrected chi connectivity index (χ3v) is 3.51.